The van der Waals surface area contributed by atoms with Gasteiger partial charge in [0.25, 0.3) is 0 Å². The van der Waals surface area contributed by atoms with Crippen molar-refractivity contribution in [2.75, 3.05) is 0 Å². The first-order chi connectivity index (χ1) is 5.97. The Labute approximate surface area is 95.8 Å². The van der Waals surface area contributed by atoms with Crippen LogP contribution in [0.25, 0.3) is 0 Å². The fourth-order valence-corrected chi connectivity index (χ4v) is 1.56. The van der Waals surface area contributed by atoms with E-state index < -0.39 is 0 Å². The van der Waals surface area contributed by atoms with Crippen LogP contribution in [0.4, 0.5) is 0 Å². The molecule has 0 bridgehead atoms. The summed E-state index contributed by atoms with van der Waals surface area (Å²) in [5, 5.41) is 4.16. The second kappa shape index (κ2) is 5.37. The molecule has 0 radical (unpaired) electrons. The van der Waals surface area contributed by atoms with Gasteiger partial charge in [-0.2, -0.15) is 5.10 Å². The first-order valence-corrected chi connectivity index (χ1v) is 5.16. The maximum Gasteiger partial charge on any atom is 0.0640 e. The molecule has 1 rings (SSSR count). The van der Waals surface area contributed by atoms with Gasteiger partial charge in [0.1, 0.15) is 0 Å². The van der Waals surface area contributed by atoms with Crippen molar-refractivity contribution in [1.82, 2.24) is 5.43 Å². The number of rotatable bonds is 2. The van der Waals surface area contributed by atoms with E-state index in [9.17, 15) is 0 Å². The number of nitrogens with one attached hydrogen (secondary N) is 1. The normalized spacial score (nSPS) is 11.4. The number of thiophene rings is 1. The third kappa shape index (κ3) is 5.25. The minimum Gasteiger partial charge on any atom is -0.305 e. The molecular formula is C10H17ClN2S. The van der Waals surface area contributed by atoms with Crippen molar-refractivity contribution >= 4 is 30.0 Å². The summed E-state index contributed by atoms with van der Waals surface area (Å²) in [6, 6.07) is 4.18. The quantitative estimate of drug-likeness (QED) is 0.615. The minimum atomic E-state index is 0. The average Bonchev–Trinajstić information content (AvgIpc) is 2.33. The summed E-state index contributed by atoms with van der Waals surface area (Å²) in [7, 11) is 0. The third-order valence-electron chi connectivity index (χ3n) is 1.35. The van der Waals surface area contributed by atoms with Gasteiger partial charge in [-0.25, -0.2) is 0 Å². The average molecular weight is 233 g/mol. The molecule has 0 spiro atoms. The first-order valence-electron chi connectivity index (χ1n) is 4.34. The van der Waals surface area contributed by atoms with Gasteiger partial charge in [-0.1, -0.05) is 0 Å². The largest absolute Gasteiger partial charge is 0.305 e. The molecule has 0 aromatic carbocycles. The molecule has 0 amide bonds. The Morgan fingerprint density at radius 3 is 2.43 bits per heavy atom. The second-order valence-corrected chi connectivity index (χ2v) is 5.39. The number of aryl methyl sites for hydroxylation is 1. The molecule has 0 aliphatic heterocycles. The van der Waals surface area contributed by atoms with E-state index in [4.69, 9.17) is 0 Å². The monoisotopic (exact) mass is 232 g/mol. The molecule has 0 saturated heterocycles. The molecule has 0 unspecified atom stereocenters. The highest BCUT2D eigenvalue weighted by Crippen LogP contribution is 2.12. The Kier molecular flexibility index (Phi) is 5.16. The van der Waals surface area contributed by atoms with Crippen LogP contribution >= 0.6 is 23.7 Å². The van der Waals surface area contributed by atoms with Gasteiger partial charge in [-0.3, -0.25) is 0 Å². The van der Waals surface area contributed by atoms with E-state index in [0.29, 0.717) is 0 Å². The SMILES string of the molecule is Cc1ccc(/C=N/NC(C)(C)C)s1.Cl. The smallest absolute Gasteiger partial charge is 0.0640 e. The van der Waals surface area contributed by atoms with E-state index >= 15 is 0 Å². The van der Waals surface area contributed by atoms with Crippen LogP contribution in [-0.4, -0.2) is 11.8 Å². The molecule has 0 fully saturated rings. The van der Waals surface area contributed by atoms with Crippen molar-refractivity contribution in [2.24, 2.45) is 5.10 Å². The Hall–Kier alpha value is -0.540. The van der Waals surface area contributed by atoms with Crippen LogP contribution in [0.15, 0.2) is 17.2 Å². The third-order valence-corrected chi connectivity index (χ3v) is 2.29. The Bertz CT molecular complexity index is 299. The molecule has 1 heterocycles. The van der Waals surface area contributed by atoms with E-state index in [2.05, 4.69) is 50.4 Å². The predicted molar refractivity (Wildman–Crippen MR) is 66.8 cm³/mol. The van der Waals surface area contributed by atoms with Gasteiger partial charge in [-0.05, 0) is 39.8 Å². The predicted octanol–water partition coefficient (Wildman–Crippen LogP) is 3.20. The highest BCUT2D eigenvalue weighted by molar-refractivity contribution is 7.13. The molecule has 0 atom stereocenters. The number of hydrogen-bond acceptors (Lipinski definition) is 3. The molecule has 2 nitrogen and oxygen atoms in total. The van der Waals surface area contributed by atoms with Crippen molar-refractivity contribution in [2.45, 2.75) is 33.2 Å². The molecule has 1 N–H and O–H groups in total. The van der Waals surface area contributed by atoms with E-state index in [1.807, 2.05) is 6.21 Å². The second-order valence-electron chi connectivity index (χ2n) is 4.07. The Balaban J connectivity index is 0.00000169. The van der Waals surface area contributed by atoms with E-state index in [1.165, 1.54) is 9.75 Å². The highest BCUT2D eigenvalue weighted by Gasteiger charge is 2.05. The summed E-state index contributed by atoms with van der Waals surface area (Å²) in [5.41, 5.74) is 3.10. The van der Waals surface area contributed by atoms with E-state index in [0.717, 1.165) is 0 Å². The molecular weight excluding hydrogens is 216 g/mol. The van der Waals surface area contributed by atoms with Crippen LogP contribution in [0.1, 0.15) is 30.5 Å². The summed E-state index contributed by atoms with van der Waals surface area (Å²) >= 11 is 1.75. The van der Waals surface area contributed by atoms with Crippen LogP contribution < -0.4 is 5.43 Å². The fraction of sp³-hybridized carbons (Fsp3) is 0.500. The Morgan fingerprint density at radius 1 is 1.36 bits per heavy atom. The zero-order valence-electron chi connectivity index (χ0n) is 9.00. The number of hydrazone groups is 1. The van der Waals surface area contributed by atoms with E-state index in [-0.39, 0.29) is 17.9 Å². The highest BCUT2D eigenvalue weighted by atomic mass is 35.5. The summed E-state index contributed by atoms with van der Waals surface area (Å²) in [4.78, 5) is 2.51. The molecule has 14 heavy (non-hydrogen) atoms. The minimum absolute atomic E-state index is 0. The summed E-state index contributed by atoms with van der Waals surface area (Å²) < 4.78 is 0. The maximum atomic E-state index is 4.16. The first kappa shape index (κ1) is 13.5. The van der Waals surface area contributed by atoms with Gasteiger partial charge in [0.05, 0.1) is 6.21 Å². The van der Waals surface area contributed by atoms with Gasteiger partial charge < -0.3 is 5.43 Å². The number of nitrogens with zero attached hydrogens (tertiary/aromatic N) is 1. The van der Waals surface area contributed by atoms with E-state index in [1.54, 1.807) is 11.3 Å². The molecule has 0 aliphatic carbocycles. The van der Waals surface area contributed by atoms with Gasteiger partial charge in [0.15, 0.2) is 0 Å². The van der Waals surface area contributed by atoms with Crippen molar-refractivity contribution in [3.05, 3.63) is 21.9 Å². The van der Waals surface area contributed by atoms with Gasteiger partial charge >= 0.3 is 0 Å². The van der Waals surface area contributed by atoms with Gasteiger partial charge in [-0.15, -0.1) is 23.7 Å². The molecule has 0 aliphatic rings. The lowest BCUT2D eigenvalue weighted by Gasteiger charge is -2.16. The van der Waals surface area contributed by atoms with Crippen LogP contribution in [0.3, 0.4) is 0 Å². The van der Waals surface area contributed by atoms with Crippen LogP contribution in [0.2, 0.25) is 0 Å². The van der Waals surface area contributed by atoms with Gasteiger partial charge in [0, 0.05) is 15.3 Å². The molecule has 4 heteroatoms. The fourth-order valence-electron chi connectivity index (χ4n) is 0.812. The zero-order chi connectivity index (χ0) is 9.90. The summed E-state index contributed by atoms with van der Waals surface area (Å²) in [6.07, 6.45) is 1.86. The molecule has 80 valence electrons. The topological polar surface area (TPSA) is 24.4 Å². The van der Waals surface area contributed by atoms with Gasteiger partial charge in [0.2, 0.25) is 0 Å². The molecule has 0 saturated carbocycles. The van der Waals surface area contributed by atoms with Crippen LogP contribution in [0, 0.1) is 6.92 Å². The lowest BCUT2D eigenvalue weighted by atomic mass is 10.1. The summed E-state index contributed by atoms with van der Waals surface area (Å²) in [5.74, 6) is 0. The molecule has 1 aromatic heterocycles. The van der Waals surface area contributed by atoms with Crippen LogP contribution in [0.5, 0.6) is 0 Å². The number of halogens is 1. The van der Waals surface area contributed by atoms with Crippen molar-refractivity contribution in [3.63, 3.8) is 0 Å². The van der Waals surface area contributed by atoms with Crippen molar-refractivity contribution in [3.8, 4) is 0 Å². The standard InChI is InChI=1S/C10H16N2S.ClH/c1-8-5-6-9(13-8)7-11-12-10(2,3)4;/h5-7,12H,1-4H3;1H/b11-7+;. The lowest BCUT2D eigenvalue weighted by Crippen LogP contribution is -2.31. The molecule has 1 aromatic rings. The number of hydrogen-bond donors (Lipinski definition) is 1. The summed E-state index contributed by atoms with van der Waals surface area (Å²) in [6.45, 7) is 8.36. The zero-order valence-corrected chi connectivity index (χ0v) is 10.6. The van der Waals surface area contributed by atoms with Crippen LogP contribution in [-0.2, 0) is 0 Å². The van der Waals surface area contributed by atoms with Crippen molar-refractivity contribution < 1.29 is 0 Å². The Morgan fingerprint density at radius 2 is 2.00 bits per heavy atom. The van der Waals surface area contributed by atoms with Crippen molar-refractivity contribution in [1.29, 1.82) is 0 Å². The lowest BCUT2D eigenvalue weighted by molar-refractivity contribution is 0.442. The maximum absolute atomic E-state index is 4.16.